The number of aryl methyl sites for hydroxylation is 1. The van der Waals surface area contributed by atoms with Gasteiger partial charge in [0, 0.05) is 4.47 Å². The smallest absolute Gasteiger partial charge is 0.123 e. The number of alkyl halides is 1. The molecular formula is C14H11BrClF. The quantitative estimate of drug-likeness (QED) is 0.666. The minimum absolute atomic E-state index is 0.247. The van der Waals surface area contributed by atoms with Gasteiger partial charge < -0.3 is 0 Å². The Hall–Kier alpha value is -0.860. The normalized spacial score (nSPS) is 12.5. The Morgan fingerprint density at radius 1 is 1.06 bits per heavy atom. The van der Waals surface area contributed by atoms with Crippen LogP contribution in [0.25, 0.3) is 0 Å². The second kappa shape index (κ2) is 5.19. The first-order chi connectivity index (χ1) is 8.06. The van der Waals surface area contributed by atoms with Crippen molar-refractivity contribution in [2.45, 2.75) is 12.3 Å². The van der Waals surface area contributed by atoms with Crippen molar-refractivity contribution in [3.63, 3.8) is 0 Å². The highest BCUT2D eigenvalue weighted by molar-refractivity contribution is 9.10. The summed E-state index contributed by atoms with van der Waals surface area (Å²) in [6, 6.07) is 12.3. The number of benzene rings is 2. The first-order valence-corrected chi connectivity index (χ1v) is 6.46. The van der Waals surface area contributed by atoms with Crippen molar-refractivity contribution in [2.24, 2.45) is 0 Å². The SMILES string of the molecule is Cc1cc(Br)cc(C(Cl)c2ccc(F)cc2)c1. The Balaban J connectivity index is 2.36. The van der Waals surface area contributed by atoms with Gasteiger partial charge in [-0.25, -0.2) is 4.39 Å². The Morgan fingerprint density at radius 2 is 1.71 bits per heavy atom. The molecule has 2 aromatic carbocycles. The Labute approximate surface area is 114 Å². The summed E-state index contributed by atoms with van der Waals surface area (Å²) in [5.74, 6) is -0.247. The highest BCUT2D eigenvalue weighted by atomic mass is 79.9. The van der Waals surface area contributed by atoms with Gasteiger partial charge in [0.05, 0.1) is 5.38 Å². The van der Waals surface area contributed by atoms with E-state index in [4.69, 9.17) is 11.6 Å². The molecule has 0 saturated carbocycles. The van der Waals surface area contributed by atoms with E-state index in [1.807, 2.05) is 25.1 Å². The summed E-state index contributed by atoms with van der Waals surface area (Å²) >= 11 is 9.83. The molecule has 2 aromatic rings. The molecule has 0 amide bonds. The zero-order valence-corrected chi connectivity index (χ0v) is 11.6. The monoisotopic (exact) mass is 312 g/mol. The molecule has 0 bridgehead atoms. The van der Waals surface area contributed by atoms with Crippen molar-refractivity contribution >= 4 is 27.5 Å². The first-order valence-electron chi connectivity index (χ1n) is 5.23. The maximum Gasteiger partial charge on any atom is 0.123 e. The van der Waals surface area contributed by atoms with Crippen molar-refractivity contribution in [1.29, 1.82) is 0 Å². The lowest BCUT2D eigenvalue weighted by Gasteiger charge is -2.11. The number of hydrogen-bond acceptors (Lipinski definition) is 0. The molecule has 0 nitrogen and oxygen atoms in total. The Morgan fingerprint density at radius 3 is 2.29 bits per heavy atom. The Bertz CT molecular complexity index is 502. The third-order valence-electron chi connectivity index (χ3n) is 2.52. The maximum absolute atomic E-state index is 12.8. The van der Waals surface area contributed by atoms with Crippen molar-refractivity contribution < 1.29 is 4.39 Å². The van der Waals surface area contributed by atoms with Crippen molar-refractivity contribution in [1.82, 2.24) is 0 Å². The van der Waals surface area contributed by atoms with Gasteiger partial charge in [0.25, 0.3) is 0 Å². The van der Waals surface area contributed by atoms with E-state index in [1.54, 1.807) is 12.1 Å². The maximum atomic E-state index is 12.8. The molecule has 0 aliphatic rings. The lowest BCUT2D eigenvalue weighted by Crippen LogP contribution is -1.94. The lowest BCUT2D eigenvalue weighted by atomic mass is 10.0. The van der Waals surface area contributed by atoms with E-state index in [0.717, 1.165) is 21.2 Å². The van der Waals surface area contributed by atoms with Crippen LogP contribution in [-0.2, 0) is 0 Å². The fourth-order valence-corrected chi connectivity index (χ4v) is 2.63. The van der Waals surface area contributed by atoms with Crippen LogP contribution in [-0.4, -0.2) is 0 Å². The molecule has 0 aromatic heterocycles. The molecule has 17 heavy (non-hydrogen) atoms. The number of rotatable bonds is 2. The predicted molar refractivity (Wildman–Crippen MR) is 73.0 cm³/mol. The van der Waals surface area contributed by atoms with Crippen LogP contribution in [0.4, 0.5) is 4.39 Å². The standard InChI is InChI=1S/C14H11BrClF/c1-9-6-11(8-12(15)7-9)14(16)10-2-4-13(17)5-3-10/h2-8,14H,1H3. The molecule has 1 unspecified atom stereocenters. The van der Waals surface area contributed by atoms with E-state index >= 15 is 0 Å². The minimum atomic E-state index is -0.258. The van der Waals surface area contributed by atoms with Crippen molar-refractivity contribution in [2.75, 3.05) is 0 Å². The van der Waals surface area contributed by atoms with Crippen LogP contribution in [0.3, 0.4) is 0 Å². The Kier molecular flexibility index (Phi) is 3.85. The summed E-state index contributed by atoms with van der Waals surface area (Å²) in [7, 11) is 0. The van der Waals surface area contributed by atoms with Crippen LogP contribution < -0.4 is 0 Å². The summed E-state index contributed by atoms with van der Waals surface area (Å²) < 4.78 is 13.8. The van der Waals surface area contributed by atoms with Gasteiger partial charge >= 0.3 is 0 Å². The summed E-state index contributed by atoms with van der Waals surface area (Å²) in [4.78, 5) is 0. The average molecular weight is 314 g/mol. The van der Waals surface area contributed by atoms with Gasteiger partial charge in [-0.15, -0.1) is 11.6 Å². The van der Waals surface area contributed by atoms with Crippen LogP contribution >= 0.6 is 27.5 Å². The molecule has 0 radical (unpaired) electrons. The fraction of sp³-hybridized carbons (Fsp3) is 0.143. The van der Waals surface area contributed by atoms with Gasteiger partial charge in [-0.3, -0.25) is 0 Å². The summed E-state index contributed by atoms with van der Waals surface area (Å²) in [6.45, 7) is 2.02. The fourth-order valence-electron chi connectivity index (χ4n) is 1.74. The van der Waals surface area contributed by atoms with Crippen LogP contribution in [0.15, 0.2) is 46.9 Å². The van der Waals surface area contributed by atoms with Gasteiger partial charge in [0.1, 0.15) is 5.82 Å². The molecule has 0 aliphatic heterocycles. The van der Waals surface area contributed by atoms with E-state index in [9.17, 15) is 4.39 Å². The third kappa shape index (κ3) is 3.08. The van der Waals surface area contributed by atoms with Crippen LogP contribution in [0, 0.1) is 12.7 Å². The topological polar surface area (TPSA) is 0 Å². The molecule has 0 aliphatic carbocycles. The second-order valence-electron chi connectivity index (χ2n) is 3.98. The largest absolute Gasteiger partial charge is 0.207 e. The molecule has 0 heterocycles. The van der Waals surface area contributed by atoms with Gasteiger partial charge in [-0.1, -0.05) is 34.1 Å². The van der Waals surface area contributed by atoms with Crippen LogP contribution in [0.5, 0.6) is 0 Å². The zero-order valence-electron chi connectivity index (χ0n) is 9.25. The van der Waals surface area contributed by atoms with Gasteiger partial charge in [0.15, 0.2) is 0 Å². The summed E-state index contributed by atoms with van der Waals surface area (Å²) in [5.41, 5.74) is 3.04. The van der Waals surface area contributed by atoms with E-state index in [-0.39, 0.29) is 11.2 Å². The minimum Gasteiger partial charge on any atom is -0.207 e. The third-order valence-corrected chi connectivity index (χ3v) is 3.48. The van der Waals surface area contributed by atoms with Gasteiger partial charge in [0.2, 0.25) is 0 Å². The molecule has 88 valence electrons. The second-order valence-corrected chi connectivity index (χ2v) is 5.33. The average Bonchev–Trinajstić information content (AvgIpc) is 2.28. The molecule has 0 spiro atoms. The van der Waals surface area contributed by atoms with Gasteiger partial charge in [-0.2, -0.15) is 0 Å². The van der Waals surface area contributed by atoms with E-state index in [1.165, 1.54) is 12.1 Å². The predicted octanol–water partition coefficient (Wildman–Crippen LogP) is 5.22. The first kappa shape index (κ1) is 12.6. The van der Waals surface area contributed by atoms with E-state index in [2.05, 4.69) is 15.9 Å². The molecule has 3 heteroatoms. The zero-order chi connectivity index (χ0) is 12.4. The highest BCUT2D eigenvalue weighted by Crippen LogP contribution is 2.31. The van der Waals surface area contributed by atoms with Crippen molar-refractivity contribution in [3.05, 3.63) is 69.4 Å². The summed E-state index contributed by atoms with van der Waals surface area (Å²) in [6.07, 6.45) is 0. The molecule has 0 fully saturated rings. The van der Waals surface area contributed by atoms with Crippen molar-refractivity contribution in [3.8, 4) is 0 Å². The molecule has 1 atom stereocenters. The lowest BCUT2D eigenvalue weighted by molar-refractivity contribution is 0.627. The molecule has 0 N–H and O–H groups in total. The number of hydrogen-bond donors (Lipinski definition) is 0. The molecular weight excluding hydrogens is 303 g/mol. The molecule has 0 saturated heterocycles. The van der Waals surface area contributed by atoms with E-state index < -0.39 is 0 Å². The number of halogens is 3. The van der Waals surface area contributed by atoms with E-state index in [0.29, 0.717) is 0 Å². The molecule has 2 rings (SSSR count). The highest BCUT2D eigenvalue weighted by Gasteiger charge is 2.11. The van der Waals surface area contributed by atoms with Crippen LogP contribution in [0.2, 0.25) is 0 Å². The summed E-state index contributed by atoms with van der Waals surface area (Å²) in [5, 5.41) is -0.258. The van der Waals surface area contributed by atoms with Crippen LogP contribution in [0.1, 0.15) is 22.1 Å². The van der Waals surface area contributed by atoms with Gasteiger partial charge in [-0.05, 0) is 47.9 Å².